The van der Waals surface area contributed by atoms with Crippen LogP contribution in [0.4, 0.5) is 0 Å². The zero-order chi connectivity index (χ0) is 31.4. The lowest BCUT2D eigenvalue weighted by Gasteiger charge is -2.23. The standard InChI is InChI=1S/C40H41N3O/c1-25-18-26(2)20-31(19-25)43-35-14-11-13-32(37(35)42-38(43)33-12-9-10-15-36(33)44)27-21-28(23-30(22-27)40(6,7)8)34-24-29(16-17-41-34)39(3,4)5/h9-24,44H,1-8H3. The first-order valence-corrected chi connectivity index (χ1v) is 15.3. The molecule has 44 heavy (non-hydrogen) atoms. The van der Waals surface area contributed by atoms with Crippen molar-refractivity contribution < 1.29 is 5.11 Å². The van der Waals surface area contributed by atoms with Gasteiger partial charge in [-0.1, -0.05) is 77.9 Å². The molecular weight excluding hydrogens is 538 g/mol. The first-order valence-electron chi connectivity index (χ1n) is 15.3. The van der Waals surface area contributed by atoms with Crippen molar-refractivity contribution in [3.8, 4) is 45.2 Å². The summed E-state index contributed by atoms with van der Waals surface area (Å²) in [5, 5.41) is 11.0. The van der Waals surface area contributed by atoms with E-state index in [4.69, 9.17) is 9.97 Å². The number of aryl methyl sites for hydroxylation is 2. The third kappa shape index (κ3) is 5.53. The molecule has 2 heterocycles. The number of hydrogen-bond acceptors (Lipinski definition) is 3. The molecule has 0 atom stereocenters. The highest BCUT2D eigenvalue weighted by atomic mass is 16.3. The van der Waals surface area contributed by atoms with Crippen LogP contribution >= 0.6 is 0 Å². The smallest absolute Gasteiger partial charge is 0.149 e. The van der Waals surface area contributed by atoms with Crippen LogP contribution in [-0.4, -0.2) is 19.6 Å². The molecule has 222 valence electrons. The lowest BCUT2D eigenvalue weighted by atomic mass is 9.83. The van der Waals surface area contributed by atoms with Crippen molar-refractivity contribution in [2.45, 2.75) is 66.2 Å². The lowest BCUT2D eigenvalue weighted by Crippen LogP contribution is -2.12. The molecule has 6 rings (SSSR count). The van der Waals surface area contributed by atoms with Gasteiger partial charge < -0.3 is 5.11 Å². The van der Waals surface area contributed by atoms with Gasteiger partial charge in [-0.05, 0) is 107 Å². The second kappa shape index (κ2) is 10.8. The van der Waals surface area contributed by atoms with E-state index >= 15 is 0 Å². The van der Waals surface area contributed by atoms with Crippen molar-refractivity contribution in [2.75, 3.05) is 0 Å². The molecule has 0 spiro atoms. The van der Waals surface area contributed by atoms with Gasteiger partial charge in [-0.2, -0.15) is 0 Å². The number of nitrogens with zero attached hydrogens (tertiary/aromatic N) is 3. The average Bonchev–Trinajstić information content (AvgIpc) is 3.35. The summed E-state index contributed by atoms with van der Waals surface area (Å²) in [6, 6.07) is 31.5. The second-order valence-corrected chi connectivity index (χ2v) is 14.0. The number of benzene rings is 4. The molecule has 0 aliphatic rings. The maximum atomic E-state index is 11.0. The summed E-state index contributed by atoms with van der Waals surface area (Å²) in [6.45, 7) is 17.7. The minimum absolute atomic E-state index is 0.0220. The summed E-state index contributed by atoms with van der Waals surface area (Å²) >= 11 is 0. The number of phenols is 1. The van der Waals surface area contributed by atoms with Crippen molar-refractivity contribution in [3.63, 3.8) is 0 Å². The first kappa shape index (κ1) is 29.4. The van der Waals surface area contributed by atoms with E-state index in [0.29, 0.717) is 11.4 Å². The first-order chi connectivity index (χ1) is 20.8. The predicted molar refractivity (Wildman–Crippen MR) is 184 cm³/mol. The minimum atomic E-state index is -0.0697. The Morgan fingerprint density at radius 2 is 1.30 bits per heavy atom. The molecule has 0 radical (unpaired) electrons. The fourth-order valence-corrected chi connectivity index (χ4v) is 5.94. The highest BCUT2D eigenvalue weighted by Gasteiger charge is 2.23. The zero-order valence-corrected chi connectivity index (χ0v) is 27.0. The normalized spacial score (nSPS) is 12.2. The molecule has 4 heteroatoms. The molecule has 2 aromatic heterocycles. The summed E-state index contributed by atoms with van der Waals surface area (Å²) in [5.74, 6) is 0.916. The molecule has 1 N–H and O–H groups in total. The largest absolute Gasteiger partial charge is 0.507 e. The number of hydrogen-bond donors (Lipinski definition) is 1. The quantitative estimate of drug-likeness (QED) is 0.226. The third-order valence-corrected chi connectivity index (χ3v) is 8.33. The van der Waals surface area contributed by atoms with E-state index in [1.165, 1.54) is 22.3 Å². The van der Waals surface area contributed by atoms with Crippen LogP contribution in [0.5, 0.6) is 5.75 Å². The number of aromatic nitrogens is 3. The zero-order valence-electron chi connectivity index (χ0n) is 27.0. The van der Waals surface area contributed by atoms with Crippen LogP contribution in [0, 0.1) is 13.8 Å². The van der Waals surface area contributed by atoms with E-state index in [2.05, 4.69) is 127 Å². The molecule has 0 aliphatic heterocycles. The van der Waals surface area contributed by atoms with Gasteiger partial charge in [0.2, 0.25) is 0 Å². The molecule has 0 aliphatic carbocycles. The Hall–Kier alpha value is -4.70. The van der Waals surface area contributed by atoms with Gasteiger partial charge in [0, 0.05) is 23.0 Å². The van der Waals surface area contributed by atoms with Gasteiger partial charge in [-0.15, -0.1) is 0 Å². The Morgan fingerprint density at radius 3 is 1.98 bits per heavy atom. The van der Waals surface area contributed by atoms with Crippen molar-refractivity contribution in [1.82, 2.24) is 14.5 Å². The minimum Gasteiger partial charge on any atom is -0.507 e. The number of imidazole rings is 1. The summed E-state index contributed by atoms with van der Waals surface area (Å²) < 4.78 is 2.18. The van der Waals surface area contributed by atoms with Crippen molar-refractivity contribution in [2.24, 2.45) is 0 Å². The van der Waals surface area contributed by atoms with Crippen molar-refractivity contribution in [3.05, 3.63) is 119 Å². The highest BCUT2D eigenvalue weighted by molar-refractivity contribution is 5.96. The van der Waals surface area contributed by atoms with Gasteiger partial charge in [0.05, 0.1) is 22.3 Å². The fourth-order valence-electron chi connectivity index (χ4n) is 5.94. The third-order valence-electron chi connectivity index (χ3n) is 8.33. The van der Waals surface area contributed by atoms with Crippen LogP contribution in [0.1, 0.15) is 63.8 Å². The Morgan fingerprint density at radius 1 is 0.636 bits per heavy atom. The number of pyridine rings is 1. The van der Waals surface area contributed by atoms with E-state index in [1.807, 2.05) is 24.4 Å². The summed E-state index contributed by atoms with van der Waals surface area (Å²) in [7, 11) is 0. The van der Waals surface area contributed by atoms with Gasteiger partial charge in [-0.25, -0.2) is 4.98 Å². The van der Waals surface area contributed by atoms with Crippen LogP contribution in [0.3, 0.4) is 0 Å². The van der Waals surface area contributed by atoms with E-state index in [0.717, 1.165) is 39.1 Å². The SMILES string of the molecule is Cc1cc(C)cc(-n2c(-c3ccccc3O)nc3c(-c4cc(-c5cc(C(C)(C)C)ccn5)cc(C(C)(C)C)c4)cccc32)c1. The van der Waals surface area contributed by atoms with E-state index < -0.39 is 0 Å². The van der Waals surface area contributed by atoms with E-state index in [-0.39, 0.29) is 16.6 Å². The Balaban J connectivity index is 1.65. The topological polar surface area (TPSA) is 50.9 Å². The van der Waals surface area contributed by atoms with E-state index in [9.17, 15) is 5.11 Å². The van der Waals surface area contributed by atoms with Crippen LogP contribution in [0.2, 0.25) is 0 Å². The average molecular weight is 580 g/mol. The molecule has 0 fully saturated rings. The monoisotopic (exact) mass is 579 g/mol. The molecule has 0 amide bonds. The summed E-state index contributed by atoms with van der Waals surface area (Å²) in [6.07, 6.45) is 1.92. The Bertz CT molecular complexity index is 2000. The molecule has 4 nitrogen and oxygen atoms in total. The van der Waals surface area contributed by atoms with Gasteiger partial charge in [-0.3, -0.25) is 9.55 Å². The van der Waals surface area contributed by atoms with Gasteiger partial charge in [0.15, 0.2) is 0 Å². The van der Waals surface area contributed by atoms with Crippen LogP contribution in [0.15, 0.2) is 97.2 Å². The number of aromatic hydroxyl groups is 1. The summed E-state index contributed by atoms with van der Waals surface area (Å²) in [4.78, 5) is 10.1. The van der Waals surface area contributed by atoms with Crippen LogP contribution < -0.4 is 0 Å². The summed E-state index contributed by atoms with van der Waals surface area (Å²) in [5.41, 5.74) is 12.6. The van der Waals surface area contributed by atoms with Crippen LogP contribution in [0.25, 0.3) is 50.5 Å². The molecule has 0 unspecified atom stereocenters. The number of phenolic OH excluding ortho intramolecular Hbond substituents is 1. The Labute approximate surface area is 261 Å². The maximum absolute atomic E-state index is 11.0. The Kier molecular flexibility index (Phi) is 7.20. The predicted octanol–water partition coefficient (Wildman–Crippen LogP) is 10.3. The fraction of sp³-hybridized carbons (Fsp3) is 0.250. The van der Waals surface area contributed by atoms with Crippen LogP contribution in [-0.2, 0) is 10.8 Å². The van der Waals surface area contributed by atoms with E-state index in [1.54, 1.807) is 6.07 Å². The maximum Gasteiger partial charge on any atom is 0.149 e. The van der Waals surface area contributed by atoms with Gasteiger partial charge in [0.1, 0.15) is 11.6 Å². The van der Waals surface area contributed by atoms with Crippen molar-refractivity contribution in [1.29, 1.82) is 0 Å². The molecule has 6 aromatic rings. The lowest BCUT2D eigenvalue weighted by molar-refractivity contribution is 0.477. The van der Waals surface area contributed by atoms with Gasteiger partial charge in [0.25, 0.3) is 0 Å². The molecule has 4 aromatic carbocycles. The van der Waals surface area contributed by atoms with Crippen molar-refractivity contribution >= 4 is 11.0 Å². The number of fused-ring (bicyclic) bond motifs is 1. The highest BCUT2D eigenvalue weighted by Crippen LogP contribution is 2.40. The number of rotatable bonds is 4. The number of para-hydroxylation sites is 2. The van der Waals surface area contributed by atoms with Gasteiger partial charge >= 0.3 is 0 Å². The molecule has 0 saturated heterocycles. The molecule has 0 bridgehead atoms. The molecule has 0 saturated carbocycles. The molecular formula is C40H41N3O. The second-order valence-electron chi connectivity index (χ2n) is 14.0.